The van der Waals surface area contributed by atoms with Gasteiger partial charge in [-0.15, -0.1) is 0 Å². The first-order valence-corrected chi connectivity index (χ1v) is 5.41. The minimum atomic E-state index is -0.842. The summed E-state index contributed by atoms with van der Waals surface area (Å²) in [7, 11) is 0. The molecule has 1 aliphatic rings. The molecule has 0 radical (unpaired) electrons. The van der Waals surface area contributed by atoms with Crippen molar-refractivity contribution in [1.82, 2.24) is 10.2 Å². The highest BCUT2D eigenvalue weighted by molar-refractivity contribution is 6.16. The average Bonchev–Trinajstić information content (AvgIpc) is 2.23. The number of nitrogens with two attached hydrogens (primary N) is 1. The van der Waals surface area contributed by atoms with Crippen LogP contribution in [0.15, 0.2) is 0 Å². The molecule has 1 saturated heterocycles. The van der Waals surface area contributed by atoms with Crippen molar-refractivity contribution in [2.24, 2.45) is 11.7 Å². The lowest BCUT2D eigenvalue weighted by molar-refractivity contribution is -0.142. The molecule has 7 heteroatoms. The van der Waals surface area contributed by atoms with Crippen molar-refractivity contribution in [2.75, 3.05) is 6.54 Å². The van der Waals surface area contributed by atoms with Crippen LogP contribution in [0.5, 0.6) is 0 Å². The molecule has 0 aromatic heterocycles. The number of imide groups is 2. The van der Waals surface area contributed by atoms with E-state index in [2.05, 4.69) is 5.32 Å². The number of barbiturate groups is 1. The van der Waals surface area contributed by atoms with Gasteiger partial charge in [0.05, 0.1) is 0 Å². The molecule has 0 aromatic carbocycles. The van der Waals surface area contributed by atoms with E-state index in [4.69, 9.17) is 5.73 Å². The molecule has 0 bridgehead atoms. The van der Waals surface area contributed by atoms with Crippen LogP contribution in [0.25, 0.3) is 0 Å². The zero-order valence-electron chi connectivity index (χ0n) is 9.56. The predicted molar refractivity (Wildman–Crippen MR) is 57.5 cm³/mol. The van der Waals surface area contributed by atoms with Crippen LogP contribution in [0.3, 0.4) is 0 Å². The van der Waals surface area contributed by atoms with E-state index in [-0.39, 0.29) is 13.0 Å². The molecule has 3 N–H and O–H groups in total. The Bertz CT molecular complexity index is 367. The lowest BCUT2D eigenvalue weighted by Crippen LogP contribution is -2.58. The van der Waals surface area contributed by atoms with Gasteiger partial charge in [0.1, 0.15) is 5.92 Å². The minimum absolute atomic E-state index is 0.0898. The first kappa shape index (κ1) is 13.1. The normalized spacial score (nSPS) is 20.4. The highest BCUT2D eigenvalue weighted by Crippen LogP contribution is 2.15. The van der Waals surface area contributed by atoms with Crippen LogP contribution in [0.4, 0.5) is 4.79 Å². The molecule has 1 unspecified atom stereocenters. The van der Waals surface area contributed by atoms with Gasteiger partial charge >= 0.3 is 6.03 Å². The fraction of sp³-hybridized carbons (Fsp3) is 0.600. The molecule has 17 heavy (non-hydrogen) atoms. The molecule has 0 aliphatic carbocycles. The van der Waals surface area contributed by atoms with Crippen LogP contribution in [0.1, 0.15) is 26.2 Å². The zero-order chi connectivity index (χ0) is 13.0. The fourth-order valence-corrected chi connectivity index (χ4v) is 1.64. The van der Waals surface area contributed by atoms with E-state index >= 15 is 0 Å². The van der Waals surface area contributed by atoms with Gasteiger partial charge in [-0.2, -0.15) is 0 Å². The number of rotatable bonds is 5. The van der Waals surface area contributed by atoms with Crippen LogP contribution in [0, 0.1) is 5.92 Å². The molecule has 1 atom stereocenters. The van der Waals surface area contributed by atoms with E-state index in [0.717, 1.165) is 4.90 Å². The fourth-order valence-electron chi connectivity index (χ4n) is 1.64. The van der Waals surface area contributed by atoms with E-state index in [1.54, 1.807) is 0 Å². The summed E-state index contributed by atoms with van der Waals surface area (Å²) in [5.41, 5.74) is 4.95. The van der Waals surface area contributed by atoms with Gasteiger partial charge in [-0.1, -0.05) is 13.3 Å². The quantitative estimate of drug-likeness (QED) is 0.623. The number of nitrogens with zero attached hydrogens (tertiary/aromatic N) is 1. The van der Waals surface area contributed by atoms with Crippen LogP contribution in [-0.2, 0) is 14.4 Å². The Morgan fingerprint density at radius 2 is 2.06 bits per heavy atom. The molecule has 7 nitrogen and oxygen atoms in total. The van der Waals surface area contributed by atoms with Crippen molar-refractivity contribution in [3.8, 4) is 0 Å². The first-order valence-electron chi connectivity index (χ1n) is 5.41. The van der Waals surface area contributed by atoms with Gasteiger partial charge in [0.25, 0.3) is 0 Å². The van der Waals surface area contributed by atoms with Crippen molar-refractivity contribution in [3.63, 3.8) is 0 Å². The Morgan fingerprint density at radius 3 is 2.59 bits per heavy atom. The molecule has 1 heterocycles. The van der Waals surface area contributed by atoms with Crippen molar-refractivity contribution in [3.05, 3.63) is 0 Å². The zero-order valence-corrected chi connectivity index (χ0v) is 9.56. The van der Waals surface area contributed by atoms with Gasteiger partial charge in [-0.3, -0.25) is 24.6 Å². The summed E-state index contributed by atoms with van der Waals surface area (Å²) >= 11 is 0. The van der Waals surface area contributed by atoms with Gasteiger partial charge in [0, 0.05) is 13.0 Å². The monoisotopic (exact) mass is 241 g/mol. The van der Waals surface area contributed by atoms with Gasteiger partial charge in [-0.05, 0) is 6.42 Å². The maximum atomic E-state index is 11.8. The SMILES string of the molecule is CCCC1C(=O)NC(=O)N(CCC(N)=O)C1=O. The lowest BCUT2D eigenvalue weighted by Gasteiger charge is -2.29. The second-order valence-corrected chi connectivity index (χ2v) is 3.84. The second kappa shape index (κ2) is 5.42. The van der Waals surface area contributed by atoms with Gasteiger partial charge in [0.2, 0.25) is 17.7 Å². The summed E-state index contributed by atoms with van der Waals surface area (Å²) < 4.78 is 0. The summed E-state index contributed by atoms with van der Waals surface area (Å²) in [6.45, 7) is 1.75. The van der Waals surface area contributed by atoms with Crippen LogP contribution < -0.4 is 11.1 Å². The molecule has 1 rings (SSSR count). The third kappa shape index (κ3) is 3.02. The summed E-state index contributed by atoms with van der Waals surface area (Å²) in [6.07, 6.45) is 0.929. The molecular weight excluding hydrogens is 226 g/mol. The van der Waals surface area contributed by atoms with E-state index in [1.165, 1.54) is 0 Å². The Labute approximate surface area is 98.3 Å². The van der Waals surface area contributed by atoms with E-state index < -0.39 is 29.7 Å². The third-order valence-corrected chi connectivity index (χ3v) is 2.52. The number of nitrogens with one attached hydrogen (secondary N) is 1. The molecule has 94 valence electrons. The molecular formula is C10H15N3O4. The number of primary amides is 1. The lowest BCUT2D eigenvalue weighted by atomic mass is 9.99. The molecule has 0 spiro atoms. The summed E-state index contributed by atoms with van der Waals surface area (Å²) in [5.74, 6) is -2.57. The molecule has 1 aliphatic heterocycles. The number of hydrogen-bond donors (Lipinski definition) is 2. The number of carbonyl (C=O) groups is 4. The van der Waals surface area contributed by atoms with E-state index in [9.17, 15) is 19.2 Å². The van der Waals surface area contributed by atoms with Gasteiger partial charge < -0.3 is 5.73 Å². The smallest absolute Gasteiger partial charge is 0.330 e. The second-order valence-electron chi connectivity index (χ2n) is 3.84. The Balaban J connectivity index is 2.75. The number of amides is 5. The predicted octanol–water partition coefficient (Wildman–Crippen LogP) is -0.643. The Hall–Kier alpha value is -1.92. The largest absolute Gasteiger partial charge is 0.370 e. The van der Waals surface area contributed by atoms with E-state index in [0.29, 0.717) is 12.8 Å². The molecule has 5 amide bonds. The molecule has 1 fully saturated rings. The number of urea groups is 1. The van der Waals surface area contributed by atoms with Crippen molar-refractivity contribution in [1.29, 1.82) is 0 Å². The van der Waals surface area contributed by atoms with Gasteiger partial charge in [0.15, 0.2) is 0 Å². The van der Waals surface area contributed by atoms with Crippen LogP contribution in [0.2, 0.25) is 0 Å². The summed E-state index contributed by atoms with van der Waals surface area (Å²) in [6, 6.07) is -0.784. The Kier molecular flexibility index (Phi) is 4.19. The van der Waals surface area contributed by atoms with Gasteiger partial charge in [-0.25, -0.2) is 4.79 Å². The minimum Gasteiger partial charge on any atom is -0.370 e. The Morgan fingerprint density at radius 1 is 1.41 bits per heavy atom. The molecule has 0 saturated carbocycles. The topological polar surface area (TPSA) is 110 Å². The van der Waals surface area contributed by atoms with E-state index in [1.807, 2.05) is 6.92 Å². The molecule has 0 aromatic rings. The summed E-state index contributed by atoms with van der Waals surface area (Å²) in [5, 5.41) is 2.09. The average molecular weight is 241 g/mol. The number of carbonyl (C=O) groups excluding carboxylic acids is 4. The maximum Gasteiger partial charge on any atom is 0.330 e. The number of hydrogen-bond acceptors (Lipinski definition) is 4. The highest BCUT2D eigenvalue weighted by Gasteiger charge is 2.39. The van der Waals surface area contributed by atoms with Crippen molar-refractivity contribution in [2.45, 2.75) is 26.2 Å². The van der Waals surface area contributed by atoms with Crippen LogP contribution >= 0.6 is 0 Å². The van der Waals surface area contributed by atoms with Crippen molar-refractivity contribution >= 4 is 23.8 Å². The van der Waals surface area contributed by atoms with Crippen LogP contribution in [-0.4, -0.2) is 35.2 Å². The standard InChI is InChI=1S/C10H15N3O4/c1-2-3-6-8(15)12-10(17)13(9(6)16)5-4-7(11)14/h6H,2-5H2,1H3,(H2,11,14)(H,12,15,17). The maximum absolute atomic E-state index is 11.8. The third-order valence-electron chi connectivity index (χ3n) is 2.52. The summed E-state index contributed by atoms with van der Waals surface area (Å²) in [4.78, 5) is 46.1. The highest BCUT2D eigenvalue weighted by atomic mass is 16.2. The first-order chi connectivity index (χ1) is 7.97. The van der Waals surface area contributed by atoms with Crippen molar-refractivity contribution < 1.29 is 19.2 Å².